The van der Waals surface area contributed by atoms with E-state index in [0.29, 0.717) is 22.1 Å². The zero-order valence-corrected chi connectivity index (χ0v) is 15.9. The van der Waals surface area contributed by atoms with Crippen molar-refractivity contribution in [3.05, 3.63) is 64.4 Å². The fourth-order valence-electron chi connectivity index (χ4n) is 2.23. The normalized spacial score (nSPS) is 13.3. The van der Waals surface area contributed by atoms with Gasteiger partial charge in [-0.15, -0.1) is 0 Å². The number of carbonyl (C=O) groups is 1. The van der Waals surface area contributed by atoms with Crippen molar-refractivity contribution < 1.29 is 26.6 Å². The summed E-state index contributed by atoms with van der Waals surface area (Å²) in [5, 5.41) is 2.91. The summed E-state index contributed by atoms with van der Waals surface area (Å²) in [6, 6.07) is 8.63. The molecule has 0 aliphatic heterocycles. The summed E-state index contributed by atoms with van der Waals surface area (Å²) in [5.41, 5.74) is -1.33. The van der Waals surface area contributed by atoms with Gasteiger partial charge >= 0.3 is 6.18 Å². The van der Waals surface area contributed by atoms with Crippen molar-refractivity contribution in [2.75, 3.05) is 0 Å². The average molecular weight is 422 g/mol. The first-order valence-electron chi connectivity index (χ1n) is 7.74. The number of hydrogen-bond donors (Lipinski definition) is 1. The molecule has 0 fully saturated rings. The molecule has 2 aromatic rings. The second kappa shape index (κ2) is 7.98. The molecule has 3 nitrogen and oxygen atoms in total. The fourth-order valence-corrected chi connectivity index (χ4v) is 3.57. The van der Waals surface area contributed by atoms with E-state index in [2.05, 4.69) is 5.32 Å². The number of hydrogen-bond acceptors (Lipinski definition) is 2. The Morgan fingerprint density at radius 3 is 2.26 bits per heavy atom. The summed E-state index contributed by atoms with van der Waals surface area (Å²) in [6.45, 7) is 2.65. The molecule has 0 aromatic heterocycles. The van der Waals surface area contributed by atoms with E-state index in [0.717, 1.165) is 6.07 Å². The van der Waals surface area contributed by atoms with E-state index in [4.69, 9.17) is 11.6 Å². The summed E-state index contributed by atoms with van der Waals surface area (Å²) in [5.74, 6) is -2.00. The summed E-state index contributed by atoms with van der Waals surface area (Å²) < 4.78 is 62.9. The highest BCUT2D eigenvalue weighted by Crippen LogP contribution is 2.32. The van der Waals surface area contributed by atoms with Crippen molar-refractivity contribution in [2.45, 2.75) is 36.2 Å². The monoisotopic (exact) mass is 421 g/mol. The maximum absolute atomic E-state index is 13.3. The van der Waals surface area contributed by atoms with Crippen molar-refractivity contribution in [3.8, 4) is 0 Å². The average Bonchev–Trinajstić information content (AvgIpc) is 2.59. The molecular formula is C18H16ClF4NO2S. The maximum Gasteiger partial charge on any atom is 0.419 e. The van der Waals surface area contributed by atoms with E-state index in [1.165, 1.54) is 26.0 Å². The first-order valence-corrected chi connectivity index (χ1v) is 9.27. The SMILES string of the molecule is CC(C)(C(=O)NCc1ccc(F)c(C(F)(F)F)c1)S(=O)c1ccc(Cl)cc1. The molecule has 0 spiro atoms. The molecule has 0 saturated heterocycles. The molecule has 2 aromatic carbocycles. The van der Waals surface area contributed by atoms with E-state index in [1.54, 1.807) is 12.1 Å². The number of amides is 1. The molecule has 1 unspecified atom stereocenters. The number of rotatable bonds is 5. The molecule has 9 heteroatoms. The minimum absolute atomic E-state index is 0.0742. The van der Waals surface area contributed by atoms with E-state index < -0.39 is 39.0 Å². The van der Waals surface area contributed by atoms with Crippen LogP contribution in [0.15, 0.2) is 47.4 Å². The van der Waals surface area contributed by atoms with Crippen LogP contribution in [0.3, 0.4) is 0 Å². The second-order valence-electron chi connectivity index (χ2n) is 6.23. The molecule has 1 N–H and O–H groups in total. The van der Waals surface area contributed by atoms with E-state index >= 15 is 0 Å². The van der Waals surface area contributed by atoms with Crippen molar-refractivity contribution in [3.63, 3.8) is 0 Å². The number of halogens is 5. The van der Waals surface area contributed by atoms with Crippen molar-refractivity contribution in [2.24, 2.45) is 0 Å². The molecule has 0 aliphatic rings. The minimum Gasteiger partial charge on any atom is -0.351 e. The minimum atomic E-state index is -4.83. The van der Waals surface area contributed by atoms with Gasteiger partial charge in [-0.2, -0.15) is 13.2 Å². The Morgan fingerprint density at radius 1 is 1.11 bits per heavy atom. The van der Waals surface area contributed by atoms with E-state index in [-0.39, 0.29) is 12.1 Å². The fraction of sp³-hybridized carbons (Fsp3) is 0.278. The van der Waals surface area contributed by atoms with Gasteiger partial charge < -0.3 is 5.32 Å². The van der Waals surface area contributed by atoms with Crippen LogP contribution in [-0.2, 0) is 28.3 Å². The number of alkyl halides is 3. The number of benzene rings is 2. The molecule has 146 valence electrons. The van der Waals surface area contributed by atoms with Gasteiger partial charge in [0, 0.05) is 16.5 Å². The van der Waals surface area contributed by atoms with Crippen LogP contribution in [0.4, 0.5) is 17.6 Å². The zero-order valence-electron chi connectivity index (χ0n) is 14.4. The van der Waals surface area contributed by atoms with Crippen LogP contribution in [0.1, 0.15) is 25.0 Å². The molecule has 0 aliphatic carbocycles. The highest BCUT2D eigenvalue weighted by Gasteiger charge is 2.36. The smallest absolute Gasteiger partial charge is 0.351 e. The lowest BCUT2D eigenvalue weighted by atomic mass is 10.1. The highest BCUT2D eigenvalue weighted by atomic mass is 35.5. The van der Waals surface area contributed by atoms with Gasteiger partial charge in [0.05, 0.1) is 16.4 Å². The van der Waals surface area contributed by atoms with Crippen LogP contribution >= 0.6 is 11.6 Å². The van der Waals surface area contributed by atoms with Gasteiger partial charge in [-0.25, -0.2) is 4.39 Å². The highest BCUT2D eigenvalue weighted by molar-refractivity contribution is 7.87. The van der Waals surface area contributed by atoms with Crippen molar-refractivity contribution in [1.29, 1.82) is 0 Å². The van der Waals surface area contributed by atoms with Crippen LogP contribution in [0, 0.1) is 5.82 Å². The van der Waals surface area contributed by atoms with Gasteiger partial charge in [0.1, 0.15) is 10.6 Å². The third kappa shape index (κ3) is 5.07. The Labute approximate surface area is 161 Å². The largest absolute Gasteiger partial charge is 0.419 e. The number of nitrogens with one attached hydrogen (secondary N) is 1. The number of carbonyl (C=O) groups excluding carboxylic acids is 1. The molecule has 0 heterocycles. The quantitative estimate of drug-likeness (QED) is 0.711. The molecule has 1 amide bonds. The molecule has 0 bridgehead atoms. The van der Waals surface area contributed by atoms with Gasteiger partial charge in [0.2, 0.25) is 5.91 Å². The summed E-state index contributed by atoms with van der Waals surface area (Å²) in [4.78, 5) is 12.8. The lowest BCUT2D eigenvalue weighted by molar-refractivity contribution is -0.140. The standard InChI is InChI=1S/C18H16ClF4NO2S/c1-17(2,27(26)13-6-4-12(19)5-7-13)16(25)24-10-11-3-8-15(20)14(9-11)18(21,22)23/h3-9H,10H2,1-2H3,(H,24,25). The third-order valence-electron chi connectivity index (χ3n) is 3.83. The summed E-state index contributed by atoms with van der Waals surface area (Å²) in [7, 11) is -1.72. The second-order valence-corrected chi connectivity index (χ2v) is 8.69. The van der Waals surface area contributed by atoms with Gasteiger partial charge in [-0.3, -0.25) is 9.00 Å². The van der Waals surface area contributed by atoms with Crippen LogP contribution in [-0.4, -0.2) is 14.9 Å². The van der Waals surface area contributed by atoms with Crippen LogP contribution < -0.4 is 5.32 Å². The van der Waals surface area contributed by atoms with Crippen molar-refractivity contribution >= 4 is 28.3 Å². The topological polar surface area (TPSA) is 46.2 Å². The third-order valence-corrected chi connectivity index (χ3v) is 5.89. The lowest BCUT2D eigenvalue weighted by Gasteiger charge is -2.23. The van der Waals surface area contributed by atoms with E-state index in [9.17, 15) is 26.6 Å². The first-order chi connectivity index (χ1) is 12.4. The summed E-state index contributed by atoms with van der Waals surface area (Å²) >= 11 is 5.78. The Balaban J connectivity index is 2.12. The maximum atomic E-state index is 13.3. The zero-order chi connectivity index (χ0) is 20.4. The van der Waals surface area contributed by atoms with E-state index in [1.807, 2.05) is 0 Å². The molecule has 2 rings (SSSR count). The summed E-state index contributed by atoms with van der Waals surface area (Å²) in [6.07, 6.45) is -4.83. The van der Waals surface area contributed by atoms with Gasteiger partial charge in [0.15, 0.2) is 0 Å². The van der Waals surface area contributed by atoms with Gasteiger partial charge in [-0.1, -0.05) is 17.7 Å². The molecule has 1 atom stereocenters. The predicted octanol–water partition coefficient (Wildman–Crippen LogP) is 4.70. The predicted molar refractivity (Wildman–Crippen MR) is 95.2 cm³/mol. The lowest BCUT2D eigenvalue weighted by Crippen LogP contribution is -2.45. The molecule has 27 heavy (non-hydrogen) atoms. The molecule has 0 radical (unpaired) electrons. The Morgan fingerprint density at radius 2 is 1.70 bits per heavy atom. The molecular weight excluding hydrogens is 406 g/mol. The Kier molecular flexibility index (Phi) is 6.32. The van der Waals surface area contributed by atoms with Crippen LogP contribution in [0.25, 0.3) is 0 Å². The van der Waals surface area contributed by atoms with Crippen LogP contribution in [0.2, 0.25) is 5.02 Å². The van der Waals surface area contributed by atoms with Gasteiger partial charge in [0.25, 0.3) is 0 Å². The Bertz CT molecular complexity index is 867. The molecule has 0 saturated carbocycles. The van der Waals surface area contributed by atoms with Gasteiger partial charge in [-0.05, 0) is 55.8 Å². The Hall–Kier alpha value is -1.93. The van der Waals surface area contributed by atoms with Crippen LogP contribution in [0.5, 0.6) is 0 Å². The van der Waals surface area contributed by atoms with Crippen molar-refractivity contribution in [1.82, 2.24) is 5.32 Å². The first kappa shape index (κ1) is 21.4.